The molecule has 120 valence electrons. The summed E-state index contributed by atoms with van der Waals surface area (Å²) in [6, 6.07) is 20.3. The molecule has 1 saturated heterocycles. The van der Waals surface area contributed by atoms with Crippen LogP contribution in [-0.4, -0.2) is 25.5 Å². The van der Waals surface area contributed by atoms with Gasteiger partial charge in [0.05, 0.1) is 19.1 Å². The normalized spacial score (nSPS) is 15.5. The molecule has 0 unspecified atom stereocenters. The van der Waals surface area contributed by atoms with Crippen LogP contribution >= 0.6 is 0 Å². The molecule has 0 aromatic heterocycles. The number of carbonyl (C=O) groups is 1. The minimum absolute atomic E-state index is 0.0749. The number of nitrogens with one attached hydrogen (secondary N) is 2. The number of carbonyl (C=O) groups excluding carboxylic acids is 1. The Morgan fingerprint density at radius 2 is 1.39 bits per heavy atom. The Balaban J connectivity index is 1.72. The van der Waals surface area contributed by atoms with Gasteiger partial charge in [0.15, 0.2) is 6.54 Å². The predicted octanol–water partition coefficient (Wildman–Crippen LogP) is 1.96. The van der Waals surface area contributed by atoms with Crippen molar-refractivity contribution < 1.29 is 9.69 Å². The van der Waals surface area contributed by atoms with Crippen molar-refractivity contribution >= 4 is 5.91 Å². The second-order valence-corrected chi connectivity index (χ2v) is 6.31. The number of hydrogen-bond acceptors (Lipinski definition) is 1. The Kier molecular flexibility index (Phi) is 5.43. The Bertz CT molecular complexity index is 567. The Morgan fingerprint density at radius 3 is 1.91 bits per heavy atom. The standard InChI is InChI=1S/C20H24N2O/c23-19(16-22-14-8-3-9-15-22)21-20(17-10-4-1-5-11-17)18-12-6-2-7-13-18/h1-2,4-7,10-13,20H,3,8-9,14-16H2,(H,21,23)/p+1. The first-order valence-electron chi connectivity index (χ1n) is 8.56. The number of benzene rings is 2. The van der Waals surface area contributed by atoms with Gasteiger partial charge in [-0.25, -0.2) is 0 Å². The first kappa shape index (κ1) is 15.8. The number of piperidine rings is 1. The van der Waals surface area contributed by atoms with Gasteiger partial charge in [-0.2, -0.15) is 0 Å². The first-order chi connectivity index (χ1) is 11.3. The van der Waals surface area contributed by atoms with Crippen LogP contribution in [0.1, 0.15) is 36.4 Å². The number of rotatable bonds is 5. The summed E-state index contributed by atoms with van der Waals surface area (Å²) in [4.78, 5) is 13.9. The summed E-state index contributed by atoms with van der Waals surface area (Å²) in [5.41, 5.74) is 2.25. The smallest absolute Gasteiger partial charge is 0.275 e. The van der Waals surface area contributed by atoms with Gasteiger partial charge in [-0.3, -0.25) is 4.79 Å². The third kappa shape index (κ3) is 4.42. The average Bonchev–Trinajstić information content (AvgIpc) is 2.62. The predicted molar refractivity (Wildman–Crippen MR) is 92.3 cm³/mol. The molecule has 2 aromatic rings. The lowest BCUT2D eigenvalue weighted by molar-refractivity contribution is -0.896. The van der Waals surface area contributed by atoms with Crippen molar-refractivity contribution in [2.75, 3.05) is 19.6 Å². The van der Waals surface area contributed by atoms with Crippen LogP contribution in [0.25, 0.3) is 0 Å². The second-order valence-electron chi connectivity index (χ2n) is 6.31. The van der Waals surface area contributed by atoms with Crippen molar-refractivity contribution in [3.63, 3.8) is 0 Å². The Labute approximate surface area is 138 Å². The van der Waals surface area contributed by atoms with Gasteiger partial charge >= 0.3 is 0 Å². The molecular weight excluding hydrogens is 284 g/mol. The molecule has 0 aliphatic carbocycles. The molecule has 3 heteroatoms. The van der Waals surface area contributed by atoms with Crippen molar-refractivity contribution in [1.82, 2.24) is 5.32 Å². The van der Waals surface area contributed by atoms with Gasteiger partial charge in [0.1, 0.15) is 0 Å². The third-order valence-electron chi connectivity index (χ3n) is 4.54. The van der Waals surface area contributed by atoms with Gasteiger partial charge < -0.3 is 10.2 Å². The van der Waals surface area contributed by atoms with E-state index in [1.807, 2.05) is 36.4 Å². The topological polar surface area (TPSA) is 33.5 Å². The van der Waals surface area contributed by atoms with E-state index >= 15 is 0 Å². The molecule has 0 radical (unpaired) electrons. The van der Waals surface area contributed by atoms with E-state index in [9.17, 15) is 4.79 Å². The summed E-state index contributed by atoms with van der Waals surface area (Å²) in [6.07, 6.45) is 3.79. The Hall–Kier alpha value is -2.13. The van der Waals surface area contributed by atoms with Crippen molar-refractivity contribution in [2.45, 2.75) is 25.3 Å². The summed E-state index contributed by atoms with van der Waals surface area (Å²) >= 11 is 0. The molecule has 3 rings (SSSR count). The second kappa shape index (κ2) is 7.93. The Morgan fingerprint density at radius 1 is 0.870 bits per heavy atom. The largest absolute Gasteiger partial charge is 0.340 e. The highest BCUT2D eigenvalue weighted by Crippen LogP contribution is 2.21. The van der Waals surface area contributed by atoms with Crippen LogP contribution in [0.5, 0.6) is 0 Å². The molecule has 23 heavy (non-hydrogen) atoms. The van der Waals surface area contributed by atoms with Gasteiger partial charge in [0.2, 0.25) is 0 Å². The highest BCUT2D eigenvalue weighted by atomic mass is 16.2. The number of hydrogen-bond donors (Lipinski definition) is 2. The maximum absolute atomic E-state index is 12.5. The highest BCUT2D eigenvalue weighted by Gasteiger charge is 2.21. The molecule has 0 spiro atoms. The van der Waals surface area contributed by atoms with Gasteiger partial charge in [-0.15, -0.1) is 0 Å². The van der Waals surface area contributed by atoms with E-state index in [1.54, 1.807) is 0 Å². The minimum atomic E-state index is -0.0749. The monoisotopic (exact) mass is 309 g/mol. The lowest BCUT2D eigenvalue weighted by Crippen LogP contribution is -3.13. The zero-order valence-electron chi connectivity index (χ0n) is 13.5. The fourth-order valence-corrected chi connectivity index (χ4v) is 3.32. The SMILES string of the molecule is O=C(C[NH+]1CCCCC1)NC(c1ccccc1)c1ccccc1. The first-order valence-corrected chi connectivity index (χ1v) is 8.56. The molecule has 1 amide bonds. The average molecular weight is 309 g/mol. The van der Waals surface area contributed by atoms with Crippen molar-refractivity contribution in [3.8, 4) is 0 Å². The summed E-state index contributed by atoms with van der Waals surface area (Å²) in [6.45, 7) is 2.82. The summed E-state index contributed by atoms with van der Waals surface area (Å²) in [7, 11) is 0. The zero-order valence-corrected chi connectivity index (χ0v) is 13.5. The van der Waals surface area contributed by atoms with Crippen LogP contribution in [0.3, 0.4) is 0 Å². The molecular formula is C20H25N2O+. The molecule has 1 fully saturated rings. The maximum Gasteiger partial charge on any atom is 0.275 e. The van der Waals surface area contributed by atoms with E-state index < -0.39 is 0 Å². The van der Waals surface area contributed by atoms with Crippen LogP contribution < -0.4 is 10.2 Å². The summed E-state index contributed by atoms with van der Waals surface area (Å²) < 4.78 is 0. The zero-order chi connectivity index (χ0) is 15.9. The maximum atomic E-state index is 12.5. The van der Waals surface area contributed by atoms with E-state index in [2.05, 4.69) is 29.6 Å². The fraction of sp³-hybridized carbons (Fsp3) is 0.350. The lowest BCUT2D eigenvalue weighted by atomic mass is 9.98. The van der Waals surface area contributed by atoms with Crippen LogP contribution in [-0.2, 0) is 4.79 Å². The molecule has 2 aromatic carbocycles. The van der Waals surface area contributed by atoms with Crippen LogP contribution in [0.4, 0.5) is 0 Å². The fourth-order valence-electron chi connectivity index (χ4n) is 3.32. The van der Waals surface area contributed by atoms with Crippen LogP contribution in [0.2, 0.25) is 0 Å². The number of amides is 1. The van der Waals surface area contributed by atoms with Gasteiger partial charge in [0.25, 0.3) is 5.91 Å². The molecule has 3 nitrogen and oxygen atoms in total. The molecule has 0 bridgehead atoms. The van der Waals surface area contributed by atoms with E-state index in [-0.39, 0.29) is 11.9 Å². The molecule has 0 atom stereocenters. The van der Waals surface area contributed by atoms with E-state index in [0.717, 1.165) is 24.2 Å². The highest BCUT2D eigenvalue weighted by molar-refractivity contribution is 5.77. The van der Waals surface area contributed by atoms with Crippen molar-refractivity contribution in [1.29, 1.82) is 0 Å². The van der Waals surface area contributed by atoms with Gasteiger partial charge in [0, 0.05) is 0 Å². The molecule has 0 saturated carbocycles. The van der Waals surface area contributed by atoms with E-state index in [4.69, 9.17) is 0 Å². The van der Waals surface area contributed by atoms with E-state index in [1.165, 1.54) is 24.2 Å². The minimum Gasteiger partial charge on any atom is -0.340 e. The number of quaternary nitrogens is 1. The molecule has 1 aliphatic heterocycles. The van der Waals surface area contributed by atoms with Gasteiger partial charge in [-0.1, -0.05) is 60.7 Å². The molecule has 1 aliphatic rings. The number of likely N-dealkylation sites (tertiary alicyclic amines) is 1. The summed E-state index contributed by atoms with van der Waals surface area (Å²) in [5, 5.41) is 3.24. The quantitative estimate of drug-likeness (QED) is 0.870. The van der Waals surface area contributed by atoms with Crippen LogP contribution in [0, 0.1) is 0 Å². The molecule has 1 heterocycles. The molecule has 2 N–H and O–H groups in total. The third-order valence-corrected chi connectivity index (χ3v) is 4.54. The van der Waals surface area contributed by atoms with Gasteiger partial charge in [-0.05, 0) is 30.4 Å². The lowest BCUT2D eigenvalue weighted by Gasteiger charge is -2.25. The van der Waals surface area contributed by atoms with E-state index in [0.29, 0.717) is 6.54 Å². The van der Waals surface area contributed by atoms with Crippen molar-refractivity contribution in [3.05, 3.63) is 71.8 Å². The van der Waals surface area contributed by atoms with Crippen LogP contribution in [0.15, 0.2) is 60.7 Å². The summed E-state index contributed by atoms with van der Waals surface area (Å²) in [5.74, 6) is 0.139. The van der Waals surface area contributed by atoms with Crippen molar-refractivity contribution in [2.24, 2.45) is 0 Å².